The monoisotopic (exact) mass is 371 g/mol. The van der Waals surface area contributed by atoms with Gasteiger partial charge in [-0.15, -0.1) is 0 Å². The molecule has 142 valence electrons. The number of aryl methyl sites for hydroxylation is 2. The molecule has 0 spiro atoms. The van der Waals surface area contributed by atoms with E-state index in [1.165, 1.54) is 0 Å². The van der Waals surface area contributed by atoms with E-state index in [1.54, 1.807) is 15.6 Å². The smallest absolute Gasteiger partial charge is 0.308 e. The van der Waals surface area contributed by atoms with Crippen molar-refractivity contribution in [1.29, 1.82) is 0 Å². The third kappa shape index (κ3) is 3.47. The summed E-state index contributed by atoms with van der Waals surface area (Å²) < 4.78 is 12.4. The first-order valence-electron chi connectivity index (χ1n) is 8.91. The van der Waals surface area contributed by atoms with Gasteiger partial charge in [0.25, 0.3) is 0 Å². The fourth-order valence-electron chi connectivity index (χ4n) is 3.70. The lowest BCUT2D eigenvalue weighted by molar-refractivity contribution is -0.141. The summed E-state index contributed by atoms with van der Waals surface area (Å²) in [4.78, 5) is 26.0. The highest BCUT2D eigenvalue weighted by Gasteiger charge is 2.40. The number of aromatic nitrogens is 2. The van der Waals surface area contributed by atoms with Crippen LogP contribution < -0.4 is 9.47 Å². The number of carboxylic acid groups (broad SMARTS) is 1. The SMILES string of the molecule is Cc1ccn(CCC(=O)N2C[C@@H](C(=O)O)[C@H](c3ccc4c(c3)OCO4)C2)n1. The first kappa shape index (κ1) is 17.4. The minimum absolute atomic E-state index is 0.0577. The lowest BCUT2D eigenvalue weighted by Crippen LogP contribution is -2.30. The predicted molar refractivity (Wildman–Crippen MR) is 94.6 cm³/mol. The standard InChI is InChI=1S/C19H21N3O5/c1-12-4-6-22(20-12)7-5-18(23)21-9-14(15(10-21)19(24)25)13-2-3-16-17(8-13)27-11-26-16/h2-4,6,8,14-15H,5,7,9-11H2,1H3,(H,24,25)/t14-,15+/m0/s1. The van der Waals surface area contributed by atoms with Crippen LogP contribution in [-0.2, 0) is 16.1 Å². The maximum absolute atomic E-state index is 12.6. The lowest BCUT2D eigenvalue weighted by atomic mass is 9.89. The van der Waals surface area contributed by atoms with Crippen molar-refractivity contribution < 1.29 is 24.2 Å². The molecule has 1 aromatic carbocycles. The number of carboxylic acids is 1. The average Bonchev–Trinajstić information content (AvgIpc) is 3.37. The number of carbonyl (C=O) groups is 2. The van der Waals surface area contributed by atoms with Gasteiger partial charge in [0.2, 0.25) is 12.7 Å². The molecule has 4 rings (SSSR count). The van der Waals surface area contributed by atoms with E-state index in [-0.39, 0.29) is 25.2 Å². The van der Waals surface area contributed by atoms with Gasteiger partial charge in [0.15, 0.2) is 11.5 Å². The Bertz CT molecular complexity index is 878. The van der Waals surface area contributed by atoms with E-state index in [9.17, 15) is 14.7 Å². The number of carbonyl (C=O) groups excluding carboxylic acids is 1. The van der Waals surface area contributed by atoms with Gasteiger partial charge in [0.05, 0.1) is 11.6 Å². The summed E-state index contributed by atoms with van der Waals surface area (Å²) in [7, 11) is 0. The second-order valence-electron chi connectivity index (χ2n) is 6.93. The van der Waals surface area contributed by atoms with Gasteiger partial charge in [-0.3, -0.25) is 14.3 Å². The molecule has 27 heavy (non-hydrogen) atoms. The fourth-order valence-corrected chi connectivity index (χ4v) is 3.70. The summed E-state index contributed by atoms with van der Waals surface area (Å²) in [6.07, 6.45) is 2.13. The summed E-state index contributed by atoms with van der Waals surface area (Å²) in [5.74, 6) is -0.580. The Morgan fingerprint density at radius 1 is 1.22 bits per heavy atom. The number of benzene rings is 1. The van der Waals surface area contributed by atoms with Crippen molar-refractivity contribution in [2.24, 2.45) is 5.92 Å². The van der Waals surface area contributed by atoms with Crippen molar-refractivity contribution in [1.82, 2.24) is 14.7 Å². The molecule has 2 atom stereocenters. The van der Waals surface area contributed by atoms with E-state index in [0.29, 0.717) is 31.0 Å². The maximum atomic E-state index is 12.6. The molecular formula is C19H21N3O5. The van der Waals surface area contributed by atoms with E-state index in [2.05, 4.69) is 5.10 Å². The van der Waals surface area contributed by atoms with Crippen LogP contribution in [0.3, 0.4) is 0 Å². The average molecular weight is 371 g/mol. The van der Waals surface area contributed by atoms with Gasteiger partial charge in [-0.05, 0) is 30.7 Å². The summed E-state index contributed by atoms with van der Waals surface area (Å²) >= 11 is 0. The Morgan fingerprint density at radius 2 is 2.04 bits per heavy atom. The molecular weight excluding hydrogens is 350 g/mol. The van der Waals surface area contributed by atoms with E-state index in [4.69, 9.17) is 9.47 Å². The van der Waals surface area contributed by atoms with Crippen LogP contribution in [0.2, 0.25) is 0 Å². The van der Waals surface area contributed by atoms with Crippen molar-refractivity contribution in [2.45, 2.75) is 25.8 Å². The number of aliphatic carboxylic acids is 1. The Kier molecular flexibility index (Phi) is 4.47. The minimum atomic E-state index is -0.893. The fraction of sp³-hybridized carbons (Fsp3) is 0.421. The van der Waals surface area contributed by atoms with E-state index >= 15 is 0 Å². The summed E-state index contributed by atoms with van der Waals surface area (Å²) in [5.41, 5.74) is 1.75. The number of amides is 1. The van der Waals surface area contributed by atoms with Gasteiger partial charge < -0.3 is 19.5 Å². The number of fused-ring (bicyclic) bond motifs is 1. The molecule has 3 heterocycles. The zero-order valence-electron chi connectivity index (χ0n) is 15.0. The molecule has 0 aliphatic carbocycles. The van der Waals surface area contributed by atoms with Crippen LogP contribution in [0.25, 0.3) is 0 Å². The van der Waals surface area contributed by atoms with Crippen LogP contribution in [0, 0.1) is 12.8 Å². The van der Waals surface area contributed by atoms with Gasteiger partial charge in [-0.2, -0.15) is 5.10 Å². The van der Waals surface area contributed by atoms with E-state index < -0.39 is 11.9 Å². The Balaban J connectivity index is 1.46. The maximum Gasteiger partial charge on any atom is 0.308 e. The van der Waals surface area contributed by atoms with Crippen molar-refractivity contribution in [3.05, 3.63) is 41.7 Å². The van der Waals surface area contributed by atoms with Crippen LogP contribution >= 0.6 is 0 Å². The number of rotatable bonds is 5. The predicted octanol–water partition coefficient (Wildman–Crippen LogP) is 1.64. The molecule has 0 saturated carbocycles. The number of likely N-dealkylation sites (tertiary alicyclic amines) is 1. The van der Waals surface area contributed by atoms with Crippen molar-refractivity contribution in [3.63, 3.8) is 0 Å². The van der Waals surface area contributed by atoms with Gasteiger partial charge >= 0.3 is 5.97 Å². The number of hydrogen-bond donors (Lipinski definition) is 1. The van der Waals surface area contributed by atoms with Gasteiger partial charge in [-0.1, -0.05) is 6.07 Å². The molecule has 0 radical (unpaired) electrons. The van der Waals surface area contributed by atoms with E-state index in [1.807, 2.05) is 31.3 Å². The number of ether oxygens (including phenoxy) is 2. The molecule has 1 fully saturated rings. The molecule has 2 aliphatic heterocycles. The largest absolute Gasteiger partial charge is 0.481 e. The third-order valence-electron chi connectivity index (χ3n) is 5.14. The third-order valence-corrected chi connectivity index (χ3v) is 5.14. The minimum Gasteiger partial charge on any atom is -0.481 e. The van der Waals surface area contributed by atoms with Crippen molar-refractivity contribution in [2.75, 3.05) is 19.9 Å². The summed E-state index contributed by atoms with van der Waals surface area (Å²) in [5, 5.41) is 13.9. The highest BCUT2D eigenvalue weighted by atomic mass is 16.7. The van der Waals surface area contributed by atoms with Crippen molar-refractivity contribution in [3.8, 4) is 11.5 Å². The molecule has 0 bridgehead atoms. The van der Waals surface area contributed by atoms with Crippen LogP contribution in [0.5, 0.6) is 11.5 Å². The zero-order chi connectivity index (χ0) is 19.0. The first-order chi connectivity index (χ1) is 13.0. The van der Waals surface area contributed by atoms with Crippen molar-refractivity contribution >= 4 is 11.9 Å². The summed E-state index contributed by atoms with van der Waals surface area (Å²) in [6, 6.07) is 7.36. The van der Waals surface area contributed by atoms with Gasteiger partial charge in [0, 0.05) is 38.2 Å². The van der Waals surface area contributed by atoms with Crippen LogP contribution in [0.15, 0.2) is 30.5 Å². The van der Waals surface area contributed by atoms with Crippen LogP contribution in [0.4, 0.5) is 0 Å². The second kappa shape index (κ2) is 6.94. The number of hydrogen-bond acceptors (Lipinski definition) is 5. The molecule has 1 saturated heterocycles. The zero-order valence-corrected chi connectivity index (χ0v) is 15.0. The Morgan fingerprint density at radius 3 is 2.78 bits per heavy atom. The lowest BCUT2D eigenvalue weighted by Gasteiger charge is -2.17. The first-order valence-corrected chi connectivity index (χ1v) is 8.91. The van der Waals surface area contributed by atoms with Gasteiger partial charge in [-0.25, -0.2) is 0 Å². The number of nitrogens with zero attached hydrogens (tertiary/aromatic N) is 3. The van der Waals surface area contributed by atoms with E-state index in [0.717, 1.165) is 11.3 Å². The molecule has 1 N–H and O–H groups in total. The Hall–Kier alpha value is -3.03. The van der Waals surface area contributed by atoms with Crippen LogP contribution in [0.1, 0.15) is 23.6 Å². The molecule has 0 unspecified atom stereocenters. The molecule has 8 heteroatoms. The normalized spacial score (nSPS) is 20.9. The molecule has 2 aromatic rings. The molecule has 1 aromatic heterocycles. The van der Waals surface area contributed by atoms with Gasteiger partial charge in [0.1, 0.15) is 0 Å². The molecule has 8 nitrogen and oxygen atoms in total. The summed E-state index contributed by atoms with van der Waals surface area (Å²) in [6.45, 7) is 3.14. The Labute approximate surface area is 156 Å². The molecule has 1 amide bonds. The second-order valence-corrected chi connectivity index (χ2v) is 6.93. The highest BCUT2D eigenvalue weighted by molar-refractivity contribution is 5.79. The van der Waals surface area contributed by atoms with Crippen LogP contribution in [-0.4, -0.2) is 51.5 Å². The highest BCUT2D eigenvalue weighted by Crippen LogP contribution is 2.39. The molecule has 2 aliphatic rings. The topological polar surface area (TPSA) is 93.9 Å². The quantitative estimate of drug-likeness (QED) is 0.859.